The number of nitrogens with one attached hydrogen (secondary N) is 1. The lowest BCUT2D eigenvalue weighted by Gasteiger charge is -2.07. The summed E-state index contributed by atoms with van der Waals surface area (Å²) >= 11 is 0. The molecule has 0 fully saturated rings. The first-order valence-corrected chi connectivity index (χ1v) is 8.01. The summed E-state index contributed by atoms with van der Waals surface area (Å²) in [5.74, 6) is -0.296. The standard InChI is InChI=1S/C18H16FN5O2/c1-26-7-6-24-15-9-11(19)3-5-14(15)21-18(24)16-12-8-10(17(20)25)2-4-13(12)22-23-16/h2-5,8-9H,6-7H2,1H3,(H2,20,25)(H,22,23). The Labute approximate surface area is 147 Å². The minimum atomic E-state index is -0.519. The highest BCUT2D eigenvalue weighted by molar-refractivity contribution is 6.00. The van der Waals surface area contributed by atoms with Crippen LogP contribution in [0.5, 0.6) is 0 Å². The van der Waals surface area contributed by atoms with Crippen molar-refractivity contribution in [2.24, 2.45) is 5.73 Å². The number of methoxy groups -OCH3 is 1. The smallest absolute Gasteiger partial charge is 0.248 e. The number of rotatable bonds is 5. The van der Waals surface area contributed by atoms with Crippen LogP contribution in [0.1, 0.15) is 10.4 Å². The van der Waals surface area contributed by atoms with Crippen LogP contribution >= 0.6 is 0 Å². The van der Waals surface area contributed by atoms with Gasteiger partial charge in [0.05, 0.1) is 23.2 Å². The second-order valence-electron chi connectivity index (χ2n) is 5.91. The molecule has 0 aliphatic rings. The number of halogens is 1. The maximum Gasteiger partial charge on any atom is 0.248 e. The van der Waals surface area contributed by atoms with Gasteiger partial charge in [-0.05, 0) is 36.4 Å². The van der Waals surface area contributed by atoms with Gasteiger partial charge in [-0.3, -0.25) is 9.89 Å². The number of aromatic amines is 1. The van der Waals surface area contributed by atoms with Crippen LogP contribution in [0.25, 0.3) is 33.5 Å². The van der Waals surface area contributed by atoms with Crippen LogP contribution < -0.4 is 5.73 Å². The van der Waals surface area contributed by atoms with Gasteiger partial charge in [0, 0.05) is 24.6 Å². The number of carbonyl (C=O) groups excluding carboxylic acids is 1. The lowest BCUT2D eigenvalue weighted by atomic mass is 10.1. The Kier molecular flexibility index (Phi) is 3.89. The number of H-pyrrole nitrogens is 1. The van der Waals surface area contributed by atoms with E-state index in [9.17, 15) is 9.18 Å². The number of aromatic nitrogens is 4. The van der Waals surface area contributed by atoms with Crippen molar-refractivity contribution in [2.75, 3.05) is 13.7 Å². The fraction of sp³-hybridized carbons (Fsp3) is 0.167. The first-order valence-electron chi connectivity index (χ1n) is 8.01. The summed E-state index contributed by atoms with van der Waals surface area (Å²) in [5.41, 5.74) is 8.39. The molecule has 0 unspecified atom stereocenters. The van der Waals surface area contributed by atoms with Gasteiger partial charge in [0.15, 0.2) is 5.82 Å². The third-order valence-corrected chi connectivity index (χ3v) is 4.29. The minimum Gasteiger partial charge on any atom is -0.383 e. The Morgan fingerprint density at radius 2 is 2.15 bits per heavy atom. The quantitative estimate of drug-likeness (QED) is 0.576. The topological polar surface area (TPSA) is 98.8 Å². The summed E-state index contributed by atoms with van der Waals surface area (Å²) in [6.07, 6.45) is 0. The molecule has 4 aromatic rings. The van der Waals surface area contributed by atoms with Gasteiger partial charge in [0.2, 0.25) is 5.91 Å². The van der Waals surface area contributed by atoms with E-state index in [4.69, 9.17) is 10.5 Å². The lowest BCUT2D eigenvalue weighted by Crippen LogP contribution is -2.10. The van der Waals surface area contributed by atoms with E-state index in [0.29, 0.717) is 41.3 Å². The van der Waals surface area contributed by atoms with E-state index in [1.54, 1.807) is 31.4 Å². The van der Waals surface area contributed by atoms with Gasteiger partial charge in [-0.2, -0.15) is 5.10 Å². The molecule has 7 nitrogen and oxygen atoms in total. The molecule has 8 heteroatoms. The van der Waals surface area contributed by atoms with E-state index >= 15 is 0 Å². The third-order valence-electron chi connectivity index (χ3n) is 4.29. The Bertz CT molecular complexity index is 1130. The van der Waals surface area contributed by atoms with E-state index in [1.807, 2.05) is 4.57 Å². The highest BCUT2D eigenvalue weighted by Crippen LogP contribution is 2.30. The Morgan fingerprint density at radius 3 is 2.92 bits per heavy atom. The normalized spacial score (nSPS) is 11.5. The molecule has 2 aromatic carbocycles. The van der Waals surface area contributed by atoms with Gasteiger partial charge in [0.1, 0.15) is 11.5 Å². The molecule has 0 aliphatic carbocycles. The number of amides is 1. The van der Waals surface area contributed by atoms with Crippen molar-refractivity contribution in [3.05, 3.63) is 47.8 Å². The molecule has 26 heavy (non-hydrogen) atoms. The molecule has 4 rings (SSSR count). The number of fused-ring (bicyclic) bond motifs is 2. The molecule has 0 radical (unpaired) electrons. The van der Waals surface area contributed by atoms with Gasteiger partial charge >= 0.3 is 0 Å². The monoisotopic (exact) mass is 353 g/mol. The Morgan fingerprint density at radius 1 is 1.31 bits per heavy atom. The SMILES string of the molecule is COCCn1c(-c2n[nH]c3ccc(C(N)=O)cc23)nc2ccc(F)cc21. The predicted octanol–water partition coefficient (Wildman–Crippen LogP) is 2.46. The van der Waals surface area contributed by atoms with Gasteiger partial charge in [0.25, 0.3) is 0 Å². The van der Waals surface area contributed by atoms with Crippen LogP contribution in [0.3, 0.4) is 0 Å². The van der Waals surface area contributed by atoms with Crippen molar-refractivity contribution in [3.8, 4) is 11.5 Å². The fourth-order valence-electron chi connectivity index (χ4n) is 3.02. The first kappa shape index (κ1) is 16.2. The molecule has 2 heterocycles. The number of benzene rings is 2. The molecule has 0 bridgehead atoms. The van der Waals surface area contributed by atoms with Crippen molar-refractivity contribution < 1.29 is 13.9 Å². The minimum absolute atomic E-state index is 0.342. The summed E-state index contributed by atoms with van der Waals surface area (Å²) in [4.78, 5) is 16.1. The average molecular weight is 353 g/mol. The zero-order valence-electron chi connectivity index (χ0n) is 14.0. The molecule has 0 saturated carbocycles. The molecule has 132 valence electrons. The summed E-state index contributed by atoms with van der Waals surface area (Å²) in [6, 6.07) is 9.49. The highest BCUT2D eigenvalue weighted by Gasteiger charge is 2.18. The highest BCUT2D eigenvalue weighted by atomic mass is 19.1. The second-order valence-corrected chi connectivity index (χ2v) is 5.91. The molecule has 2 aromatic heterocycles. The molecule has 0 saturated heterocycles. The number of nitrogens with zero attached hydrogens (tertiary/aromatic N) is 3. The Balaban J connectivity index is 1.97. The van der Waals surface area contributed by atoms with Crippen LogP contribution in [-0.4, -0.2) is 39.4 Å². The van der Waals surface area contributed by atoms with Crippen LogP contribution in [0.2, 0.25) is 0 Å². The molecular weight excluding hydrogens is 337 g/mol. The van der Waals surface area contributed by atoms with Gasteiger partial charge in [-0.1, -0.05) is 0 Å². The molecule has 0 aliphatic heterocycles. The lowest BCUT2D eigenvalue weighted by molar-refractivity contribution is 0.100. The van der Waals surface area contributed by atoms with Crippen molar-refractivity contribution >= 4 is 27.8 Å². The van der Waals surface area contributed by atoms with E-state index < -0.39 is 5.91 Å². The number of ether oxygens (including phenoxy) is 1. The van der Waals surface area contributed by atoms with E-state index in [2.05, 4.69) is 15.2 Å². The molecule has 0 spiro atoms. The van der Waals surface area contributed by atoms with Crippen LogP contribution in [0.15, 0.2) is 36.4 Å². The van der Waals surface area contributed by atoms with E-state index in [1.165, 1.54) is 12.1 Å². The maximum atomic E-state index is 13.7. The van der Waals surface area contributed by atoms with E-state index in [-0.39, 0.29) is 5.82 Å². The summed E-state index contributed by atoms with van der Waals surface area (Å²) in [6.45, 7) is 0.916. The molecular formula is C18H16FN5O2. The second kappa shape index (κ2) is 6.23. The zero-order valence-corrected chi connectivity index (χ0v) is 14.0. The van der Waals surface area contributed by atoms with Crippen LogP contribution in [0.4, 0.5) is 4.39 Å². The van der Waals surface area contributed by atoms with Crippen LogP contribution in [-0.2, 0) is 11.3 Å². The summed E-state index contributed by atoms with van der Waals surface area (Å²) < 4.78 is 20.8. The van der Waals surface area contributed by atoms with Gasteiger partial charge in [-0.25, -0.2) is 9.37 Å². The zero-order chi connectivity index (χ0) is 18.3. The fourth-order valence-corrected chi connectivity index (χ4v) is 3.02. The number of hydrogen-bond donors (Lipinski definition) is 2. The number of imidazole rings is 1. The van der Waals surface area contributed by atoms with Crippen molar-refractivity contribution in [1.82, 2.24) is 19.7 Å². The third kappa shape index (κ3) is 2.60. The number of carbonyl (C=O) groups is 1. The van der Waals surface area contributed by atoms with Crippen molar-refractivity contribution in [3.63, 3.8) is 0 Å². The number of hydrogen-bond acceptors (Lipinski definition) is 4. The maximum absolute atomic E-state index is 13.7. The Hall–Kier alpha value is -3.26. The van der Waals surface area contributed by atoms with Crippen LogP contribution in [0, 0.1) is 5.82 Å². The number of nitrogens with two attached hydrogens (primary N) is 1. The van der Waals surface area contributed by atoms with Gasteiger partial charge in [-0.15, -0.1) is 0 Å². The van der Waals surface area contributed by atoms with Gasteiger partial charge < -0.3 is 15.0 Å². The molecule has 0 atom stereocenters. The summed E-state index contributed by atoms with van der Waals surface area (Å²) in [7, 11) is 1.60. The molecule has 1 amide bonds. The average Bonchev–Trinajstić information content (AvgIpc) is 3.19. The predicted molar refractivity (Wildman–Crippen MR) is 95.2 cm³/mol. The first-order chi connectivity index (χ1) is 12.6. The van der Waals surface area contributed by atoms with Crippen molar-refractivity contribution in [1.29, 1.82) is 0 Å². The summed E-state index contributed by atoms with van der Waals surface area (Å²) in [5, 5.41) is 8.01. The number of primary amides is 1. The van der Waals surface area contributed by atoms with Crippen molar-refractivity contribution in [2.45, 2.75) is 6.54 Å². The van der Waals surface area contributed by atoms with E-state index in [0.717, 1.165) is 10.9 Å². The molecule has 3 N–H and O–H groups in total. The largest absolute Gasteiger partial charge is 0.383 e.